The first kappa shape index (κ1) is 14.4. The Bertz CT molecular complexity index is 716. The van der Waals surface area contributed by atoms with Gasteiger partial charge in [0.25, 0.3) is 0 Å². The lowest BCUT2D eigenvalue weighted by Gasteiger charge is -2.08. The third-order valence-electron chi connectivity index (χ3n) is 2.61. The summed E-state index contributed by atoms with van der Waals surface area (Å²) in [5, 5.41) is 0.487. The summed E-state index contributed by atoms with van der Waals surface area (Å²) in [6.45, 7) is 0. The standard InChI is InChI=1S/C13H11BrClNO2S/c14-10-2-1-3-12(6-10)19(17,18)8-9-4-5-11(15)7-13(9)16/h1-7H,8,16H2. The molecule has 0 aliphatic carbocycles. The van der Waals surface area contributed by atoms with Gasteiger partial charge in [0.2, 0.25) is 0 Å². The molecule has 0 fully saturated rings. The van der Waals surface area contributed by atoms with Crippen molar-refractivity contribution in [1.29, 1.82) is 0 Å². The van der Waals surface area contributed by atoms with E-state index in [2.05, 4.69) is 15.9 Å². The van der Waals surface area contributed by atoms with Gasteiger partial charge in [0.15, 0.2) is 9.84 Å². The molecule has 0 radical (unpaired) electrons. The number of benzene rings is 2. The van der Waals surface area contributed by atoms with Gasteiger partial charge in [-0.2, -0.15) is 0 Å². The van der Waals surface area contributed by atoms with Crippen LogP contribution in [0.3, 0.4) is 0 Å². The van der Waals surface area contributed by atoms with Crippen LogP contribution in [0.2, 0.25) is 5.02 Å². The fraction of sp³-hybridized carbons (Fsp3) is 0.0769. The minimum Gasteiger partial charge on any atom is -0.398 e. The van der Waals surface area contributed by atoms with E-state index >= 15 is 0 Å². The molecule has 0 saturated carbocycles. The van der Waals surface area contributed by atoms with E-state index in [1.807, 2.05) is 0 Å². The van der Waals surface area contributed by atoms with Gasteiger partial charge in [-0.05, 0) is 35.9 Å². The largest absolute Gasteiger partial charge is 0.398 e. The average molecular weight is 361 g/mol. The lowest BCUT2D eigenvalue weighted by molar-refractivity contribution is 0.595. The Morgan fingerprint density at radius 3 is 2.53 bits per heavy atom. The number of sulfone groups is 1. The maximum Gasteiger partial charge on any atom is 0.182 e. The normalized spacial score (nSPS) is 11.5. The summed E-state index contributed by atoms with van der Waals surface area (Å²) >= 11 is 9.05. The van der Waals surface area contributed by atoms with E-state index in [-0.39, 0.29) is 10.6 Å². The van der Waals surface area contributed by atoms with Crippen molar-refractivity contribution in [2.75, 3.05) is 5.73 Å². The highest BCUT2D eigenvalue weighted by molar-refractivity contribution is 9.10. The molecule has 0 heterocycles. The fourth-order valence-corrected chi connectivity index (χ4v) is 3.81. The van der Waals surface area contributed by atoms with E-state index in [9.17, 15) is 8.42 Å². The molecule has 3 nitrogen and oxygen atoms in total. The zero-order chi connectivity index (χ0) is 14.0. The summed E-state index contributed by atoms with van der Waals surface area (Å²) < 4.78 is 25.3. The highest BCUT2D eigenvalue weighted by Crippen LogP contribution is 2.24. The Kier molecular flexibility index (Phi) is 4.18. The Morgan fingerprint density at radius 2 is 1.89 bits per heavy atom. The SMILES string of the molecule is Nc1cc(Cl)ccc1CS(=O)(=O)c1cccc(Br)c1. The summed E-state index contributed by atoms with van der Waals surface area (Å²) in [6, 6.07) is 11.4. The maximum absolute atomic E-state index is 12.3. The van der Waals surface area contributed by atoms with Crippen molar-refractivity contribution in [3.63, 3.8) is 0 Å². The predicted octanol–water partition coefficient (Wildman–Crippen LogP) is 3.66. The minimum atomic E-state index is -3.42. The van der Waals surface area contributed by atoms with Gasteiger partial charge in [-0.3, -0.25) is 0 Å². The van der Waals surface area contributed by atoms with Crippen LogP contribution in [0.4, 0.5) is 5.69 Å². The topological polar surface area (TPSA) is 60.2 Å². The third-order valence-corrected chi connectivity index (χ3v) is 5.00. The van der Waals surface area contributed by atoms with Crippen LogP contribution in [-0.4, -0.2) is 8.42 Å². The van der Waals surface area contributed by atoms with E-state index in [4.69, 9.17) is 17.3 Å². The first-order valence-corrected chi connectivity index (χ1v) is 8.23. The molecule has 0 aliphatic rings. The molecule has 0 bridgehead atoms. The predicted molar refractivity (Wildman–Crippen MR) is 80.9 cm³/mol. The second kappa shape index (κ2) is 5.53. The van der Waals surface area contributed by atoms with Crippen LogP contribution in [0.25, 0.3) is 0 Å². The molecular formula is C13H11BrClNO2S. The van der Waals surface area contributed by atoms with Gasteiger partial charge in [0.05, 0.1) is 10.6 Å². The van der Waals surface area contributed by atoms with Gasteiger partial charge in [-0.15, -0.1) is 0 Å². The smallest absolute Gasteiger partial charge is 0.182 e. The second-order valence-corrected chi connectivity index (χ2v) is 7.40. The van der Waals surface area contributed by atoms with E-state index < -0.39 is 9.84 Å². The molecule has 19 heavy (non-hydrogen) atoms. The third kappa shape index (κ3) is 3.49. The van der Waals surface area contributed by atoms with E-state index in [0.717, 1.165) is 4.47 Å². The molecular weight excluding hydrogens is 350 g/mol. The number of halogens is 2. The maximum atomic E-state index is 12.3. The average Bonchev–Trinajstić information content (AvgIpc) is 2.33. The van der Waals surface area contributed by atoms with Gasteiger partial charge >= 0.3 is 0 Å². The fourth-order valence-electron chi connectivity index (χ4n) is 1.65. The molecule has 100 valence electrons. The van der Waals surface area contributed by atoms with Gasteiger partial charge in [-0.1, -0.05) is 39.7 Å². The molecule has 2 N–H and O–H groups in total. The highest BCUT2D eigenvalue weighted by Gasteiger charge is 2.17. The number of hydrogen-bond acceptors (Lipinski definition) is 3. The molecule has 0 amide bonds. The first-order valence-electron chi connectivity index (χ1n) is 5.41. The van der Waals surface area contributed by atoms with Crippen molar-refractivity contribution in [2.45, 2.75) is 10.6 Å². The second-order valence-electron chi connectivity index (χ2n) is 4.06. The van der Waals surface area contributed by atoms with E-state index in [1.165, 1.54) is 0 Å². The number of rotatable bonds is 3. The number of anilines is 1. The van der Waals surface area contributed by atoms with Crippen LogP contribution in [-0.2, 0) is 15.6 Å². The number of nitrogen functional groups attached to an aromatic ring is 1. The minimum absolute atomic E-state index is 0.146. The molecule has 0 aromatic heterocycles. The summed E-state index contributed by atoms with van der Waals surface area (Å²) in [5.74, 6) is -0.146. The highest BCUT2D eigenvalue weighted by atomic mass is 79.9. The molecule has 6 heteroatoms. The zero-order valence-corrected chi connectivity index (χ0v) is 13.0. The molecule has 0 spiro atoms. The first-order chi connectivity index (χ1) is 8.88. The molecule has 2 aromatic rings. The van der Waals surface area contributed by atoms with E-state index in [0.29, 0.717) is 16.3 Å². The van der Waals surface area contributed by atoms with Crippen LogP contribution in [0, 0.1) is 0 Å². The lowest BCUT2D eigenvalue weighted by atomic mass is 10.2. The number of nitrogens with two attached hydrogens (primary N) is 1. The monoisotopic (exact) mass is 359 g/mol. The summed E-state index contributed by atoms with van der Waals surface area (Å²) in [7, 11) is -3.42. The molecule has 0 saturated heterocycles. The Balaban J connectivity index is 2.36. The number of hydrogen-bond donors (Lipinski definition) is 1. The van der Waals surface area contributed by atoms with Crippen molar-refractivity contribution in [2.24, 2.45) is 0 Å². The van der Waals surface area contributed by atoms with Crippen molar-refractivity contribution in [1.82, 2.24) is 0 Å². The lowest BCUT2D eigenvalue weighted by Crippen LogP contribution is -2.07. The Labute approximate surface area is 125 Å². The van der Waals surface area contributed by atoms with Crippen LogP contribution in [0.15, 0.2) is 51.8 Å². The summed E-state index contributed by atoms with van der Waals surface area (Å²) in [4.78, 5) is 0.260. The van der Waals surface area contributed by atoms with Gasteiger partial charge in [0, 0.05) is 15.2 Å². The molecule has 2 aromatic carbocycles. The molecule has 0 unspecified atom stereocenters. The van der Waals surface area contributed by atoms with Gasteiger partial charge in [0.1, 0.15) is 0 Å². The van der Waals surface area contributed by atoms with Crippen molar-refractivity contribution < 1.29 is 8.42 Å². The summed E-state index contributed by atoms with van der Waals surface area (Å²) in [6.07, 6.45) is 0. The molecule has 2 rings (SSSR count). The van der Waals surface area contributed by atoms with Gasteiger partial charge in [-0.25, -0.2) is 8.42 Å². The van der Waals surface area contributed by atoms with Crippen LogP contribution < -0.4 is 5.73 Å². The van der Waals surface area contributed by atoms with Crippen LogP contribution in [0.5, 0.6) is 0 Å². The zero-order valence-electron chi connectivity index (χ0n) is 9.81. The Morgan fingerprint density at radius 1 is 1.16 bits per heavy atom. The molecule has 0 atom stereocenters. The summed E-state index contributed by atoms with van der Waals surface area (Å²) in [5.41, 5.74) is 6.70. The van der Waals surface area contributed by atoms with Crippen molar-refractivity contribution >= 4 is 43.1 Å². The van der Waals surface area contributed by atoms with Crippen LogP contribution >= 0.6 is 27.5 Å². The quantitative estimate of drug-likeness (QED) is 0.850. The van der Waals surface area contributed by atoms with Crippen molar-refractivity contribution in [3.8, 4) is 0 Å². The van der Waals surface area contributed by atoms with E-state index in [1.54, 1.807) is 42.5 Å². The molecule has 0 aliphatic heterocycles. The Hall–Kier alpha value is -1.04. The van der Waals surface area contributed by atoms with Gasteiger partial charge < -0.3 is 5.73 Å². The van der Waals surface area contributed by atoms with Crippen molar-refractivity contribution in [3.05, 3.63) is 57.5 Å². The van der Waals surface area contributed by atoms with Crippen LogP contribution in [0.1, 0.15) is 5.56 Å².